The molecule has 0 saturated heterocycles. The summed E-state index contributed by atoms with van der Waals surface area (Å²) in [5, 5.41) is 9.00. The average Bonchev–Trinajstić information content (AvgIpc) is 2.83. The van der Waals surface area contributed by atoms with Gasteiger partial charge in [0, 0.05) is 12.6 Å². The van der Waals surface area contributed by atoms with E-state index in [0.29, 0.717) is 18.2 Å². The van der Waals surface area contributed by atoms with Crippen LogP contribution in [0.15, 0.2) is 15.4 Å². The van der Waals surface area contributed by atoms with Crippen LogP contribution in [0.1, 0.15) is 50.5 Å². The van der Waals surface area contributed by atoms with Gasteiger partial charge in [0.1, 0.15) is 23.0 Å². The second-order valence-corrected chi connectivity index (χ2v) is 7.84. The molecule has 0 spiro atoms. The van der Waals surface area contributed by atoms with Crippen LogP contribution >= 0.6 is 0 Å². The van der Waals surface area contributed by atoms with E-state index in [-0.39, 0.29) is 17.3 Å². The third-order valence-electron chi connectivity index (χ3n) is 4.35. The maximum absolute atomic E-state index is 12.2. The summed E-state index contributed by atoms with van der Waals surface area (Å²) < 4.78 is 32.3. The molecule has 21 heavy (non-hydrogen) atoms. The molecule has 5 nitrogen and oxygen atoms in total. The maximum Gasteiger partial charge on any atom is 0.244 e. The minimum atomic E-state index is -3.55. The summed E-state index contributed by atoms with van der Waals surface area (Å²) >= 11 is 0. The minimum absolute atomic E-state index is 0.129. The van der Waals surface area contributed by atoms with E-state index >= 15 is 0 Å². The van der Waals surface area contributed by atoms with Gasteiger partial charge >= 0.3 is 0 Å². The Bertz CT molecular complexity index is 556. The molecule has 1 aliphatic rings. The lowest BCUT2D eigenvalue weighted by Gasteiger charge is -2.26. The molecule has 0 aromatic carbocycles. The van der Waals surface area contributed by atoms with Gasteiger partial charge in [-0.1, -0.05) is 32.6 Å². The Morgan fingerprint density at radius 3 is 2.57 bits per heavy atom. The lowest BCUT2D eigenvalue weighted by Crippen LogP contribution is -2.27. The van der Waals surface area contributed by atoms with Gasteiger partial charge in [0.15, 0.2) is 0 Å². The van der Waals surface area contributed by atoms with Crippen molar-refractivity contribution in [2.75, 3.05) is 6.54 Å². The topological polar surface area (TPSA) is 79.5 Å². The number of hydrogen-bond acceptors (Lipinski definition) is 4. The predicted molar refractivity (Wildman–Crippen MR) is 80.3 cm³/mol. The van der Waals surface area contributed by atoms with Crippen molar-refractivity contribution in [3.8, 4) is 0 Å². The van der Waals surface area contributed by atoms with Crippen LogP contribution in [0.4, 0.5) is 0 Å². The van der Waals surface area contributed by atoms with Gasteiger partial charge in [-0.05, 0) is 25.2 Å². The number of hydrogen-bond donors (Lipinski definition) is 2. The number of sulfonamides is 1. The van der Waals surface area contributed by atoms with Gasteiger partial charge in [0.2, 0.25) is 10.0 Å². The van der Waals surface area contributed by atoms with E-state index in [2.05, 4.69) is 11.6 Å². The van der Waals surface area contributed by atoms with Gasteiger partial charge in [-0.15, -0.1) is 0 Å². The van der Waals surface area contributed by atoms with Crippen LogP contribution in [0.2, 0.25) is 0 Å². The molecule has 1 heterocycles. The SMILES string of the molecule is Cc1oc(CO)cc1S(=O)(=O)NCCC1CCC(C)CC1. The molecule has 0 bridgehead atoms. The molecule has 0 atom stereocenters. The number of aliphatic hydroxyl groups excluding tert-OH is 1. The van der Waals surface area contributed by atoms with E-state index in [0.717, 1.165) is 12.3 Å². The van der Waals surface area contributed by atoms with E-state index in [1.807, 2.05) is 0 Å². The molecule has 0 unspecified atom stereocenters. The van der Waals surface area contributed by atoms with E-state index in [1.165, 1.54) is 31.7 Å². The molecule has 120 valence electrons. The van der Waals surface area contributed by atoms with Crippen molar-refractivity contribution < 1.29 is 17.9 Å². The average molecular weight is 315 g/mol. The molecule has 1 fully saturated rings. The Morgan fingerprint density at radius 1 is 1.33 bits per heavy atom. The standard InChI is InChI=1S/C15H25NO4S/c1-11-3-5-13(6-4-11)7-8-16-21(18,19)15-9-14(10-17)20-12(15)2/h9,11,13,16-17H,3-8,10H2,1-2H3. The summed E-state index contributed by atoms with van der Waals surface area (Å²) in [4.78, 5) is 0.129. The highest BCUT2D eigenvalue weighted by Gasteiger charge is 2.22. The summed E-state index contributed by atoms with van der Waals surface area (Å²) in [5.41, 5.74) is 0. The number of aliphatic hydroxyl groups is 1. The zero-order valence-electron chi connectivity index (χ0n) is 12.8. The first kappa shape index (κ1) is 16.5. The van der Waals surface area contributed by atoms with Crippen molar-refractivity contribution in [1.29, 1.82) is 0 Å². The lowest BCUT2D eigenvalue weighted by atomic mass is 9.81. The Kier molecular flexibility index (Phi) is 5.46. The fraction of sp³-hybridized carbons (Fsp3) is 0.733. The number of furan rings is 1. The van der Waals surface area contributed by atoms with Gasteiger partial charge in [0.25, 0.3) is 0 Å². The normalized spacial score (nSPS) is 23.4. The zero-order valence-corrected chi connectivity index (χ0v) is 13.6. The molecular weight excluding hydrogens is 290 g/mol. The molecule has 2 N–H and O–H groups in total. The van der Waals surface area contributed by atoms with E-state index in [1.54, 1.807) is 6.92 Å². The highest BCUT2D eigenvalue weighted by atomic mass is 32.2. The summed E-state index contributed by atoms with van der Waals surface area (Å²) in [6.07, 6.45) is 5.77. The minimum Gasteiger partial charge on any atom is -0.462 e. The van der Waals surface area contributed by atoms with Crippen LogP contribution < -0.4 is 4.72 Å². The Labute approximate surface area is 126 Å². The summed E-state index contributed by atoms with van der Waals surface area (Å²) in [6.45, 7) is 4.03. The van der Waals surface area contributed by atoms with Gasteiger partial charge in [-0.25, -0.2) is 13.1 Å². The van der Waals surface area contributed by atoms with Crippen molar-refractivity contribution in [2.24, 2.45) is 11.8 Å². The van der Waals surface area contributed by atoms with Crippen molar-refractivity contribution in [2.45, 2.75) is 57.5 Å². The number of aryl methyl sites for hydroxylation is 1. The van der Waals surface area contributed by atoms with Gasteiger partial charge in [-0.3, -0.25) is 0 Å². The second kappa shape index (κ2) is 6.94. The molecule has 0 aliphatic heterocycles. The molecule has 0 radical (unpaired) electrons. The van der Waals surface area contributed by atoms with E-state index in [9.17, 15) is 8.42 Å². The van der Waals surface area contributed by atoms with Crippen LogP contribution in [0, 0.1) is 18.8 Å². The fourth-order valence-electron chi connectivity index (χ4n) is 2.96. The van der Waals surface area contributed by atoms with Crippen molar-refractivity contribution in [3.63, 3.8) is 0 Å². The zero-order chi connectivity index (χ0) is 15.5. The molecule has 1 aromatic rings. The highest BCUT2D eigenvalue weighted by molar-refractivity contribution is 7.89. The largest absolute Gasteiger partial charge is 0.462 e. The molecule has 6 heteroatoms. The first-order valence-electron chi connectivity index (χ1n) is 7.62. The summed E-state index contributed by atoms with van der Waals surface area (Å²) in [7, 11) is -3.55. The molecule has 1 saturated carbocycles. The number of nitrogens with one attached hydrogen (secondary N) is 1. The van der Waals surface area contributed by atoms with Gasteiger partial charge < -0.3 is 9.52 Å². The predicted octanol–water partition coefficient (Wildman–Crippen LogP) is 2.58. The van der Waals surface area contributed by atoms with Crippen LogP contribution in [-0.4, -0.2) is 20.1 Å². The fourth-order valence-corrected chi connectivity index (χ4v) is 4.21. The highest BCUT2D eigenvalue weighted by Crippen LogP contribution is 2.30. The number of rotatable bonds is 6. The molecular formula is C15H25NO4S. The lowest BCUT2D eigenvalue weighted by molar-refractivity contribution is 0.244. The second-order valence-electron chi connectivity index (χ2n) is 6.10. The van der Waals surface area contributed by atoms with Crippen LogP contribution in [0.25, 0.3) is 0 Å². The maximum atomic E-state index is 12.2. The van der Waals surface area contributed by atoms with Gasteiger partial charge in [0.05, 0.1) is 0 Å². The molecule has 2 rings (SSSR count). The molecule has 1 aromatic heterocycles. The van der Waals surface area contributed by atoms with Crippen molar-refractivity contribution in [1.82, 2.24) is 4.72 Å². The Morgan fingerprint density at radius 2 is 2.00 bits per heavy atom. The smallest absolute Gasteiger partial charge is 0.244 e. The van der Waals surface area contributed by atoms with E-state index < -0.39 is 10.0 Å². The summed E-state index contributed by atoms with van der Waals surface area (Å²) in [6, 6.07) is 1.39. The monoisotopic (exact) mass is 315 g/mol. The third-order valence-corrected chi connectivity index (χ3v) is 5.92. The summed E-state index contributed by atoms with van der Waals surface area (Å²) in [5.74, 6) is 2.03. The van der Waals surface area contributed by atoms with Crippen LogP contribution in [0.3, 0.4) is 0 Å². The van der Waals surface area contributed by atoms with Crippen molar-refractivity contribution in [3.05, 3.63) is 17.6 Å². The molecule has 1 aliphatic carbocycles. The van der Waals surface area contributed by atoms with Crippen molar-refractivity contribution >= 4 is 10.0 Å². The quantitative estimate of drug-likeness (QED) is 0.845. The Hall–Kier alpha value is -0.850. The van der Waals surface area contributed by atoms with Crippen LogP contribution in [0.5, 0.6) is 0 Å². The Balaban J connectivity index is 1.88. The molecule has 0 amide bonds. The van der Waals surface area contributed by atoms with E-state index in [4.69, 9.17) is 9.52 Å². The first-order valence-corrected chi connectivity index (χ1v) is 9.10. The third kappa shape index (κ3) is 4.31. The van der Waals surface area contributed by atoms with Gasteiger partial charge in [-0.2, -0.15) is 0 Å². The van der Waals surface area contributed by atoms with Crippen LogP contribution in [-0.2, 0) is 16.6 Å². The first-order chi connectivity index (χ1) is 9.92.